The molecule has 0 fully saturated rings. The summed E-state index contributed by atoms with van der Waals surface area (Å²) in [5.74, 6) is -1.07. The lowest BCUT2D eigenvalue weighted by Crippen LogP contribution is -2.30. The topological polar surface area (TPSA) is 93.5 Å². The molecule has 2 aromatic rings. The van der Waals surface area contributed by atoms with E-state index < -0.39 is 12.3 Å². The summed E-state index contributed by atoms with van der Waals surface area (Å²) in [6.07, 6.45) is -0.603. The van der Waals surface area contributed by atoms with Gasteiger partial charge in [0, 0.05) is 14.2 Å². The molecule has 0 saturated heterocycles. The van der Waals surface area contributed by atoms with Gasteiger partial charge in [-0.15, -0.1) is 0 Å². The minimum atomic E-state index is -1.07. The summed E-state index contributed by atoms with van der Waals surface area (Å²) >= 11 is 5.14. The Morgan fingerprint density at radius 1 is 1.43 bits per heavy atom. The highest BCUT2D eigenvalue weighted by Crippen LogP contribution is 2.11. The second-order valence-electron chi connectivity index (χ2n) is 4.31. The van der Waals surface area contributed by atoms with Gasteiger partial charge in [0.2, 0.25) is 0 Å². The van der Waals surface area contributed by atoms with Gasteiger partial charge in [-0.2, -0.15) is 0 Å². The van der Waals surface area contributed by atoms with Crippen molar-refractivity contribution in [2.75, 3.05) is 14.2 Å². The van der Waals surface area contributed by atoms with Crippen LogP contribution in [-0.2, 0) is 16.0 Å². The zero-order valence-corrected chi connectivity index (χ0v) is 12.3. The third kappa shape index (κ3) is 3.02. The molecule has 0 unspecified atom stereocenters. The van der Waals surface area contributed by atoms with Gasteiger partial charge in [-0.25, -0.2) is 4.79 Å². The van der Waals surface area contributed by atoms with E-state index in [1.807, 2.05) is 0 Å². The van der Waals surface area contributed by atoms with Crippen LogP contribution in [0.3, 0.4) is 0 Å². The Labute approximate surface area is 124 Å². The Morgan fingerprint density at radius 2 is 2.10 bits per heavy atom. The zero-order valence-electron chi connectivity index (χ0n) is 11.5. The number of nitrogens with zero attached hydrogens (tertiary/aromatic N) is 1. The molecule has 0 spiro atoms. The fraction of sp³-hybridized carbons (Fsp3) is 0.308. The van der Waals surface area contributed by atoms with Crippen molar-refractivity contribution in [2.45, 2.75) is 12.8 Å². The van der Waals surface area contributed by atoms with Gasteiger partial charge in [0.25, 0.3) is 5.56 Å². The fourth-order valence-corrected chi connectivity index (χ4v) is 2.22. The van der Waals surface area contributed by atoms with Gasteiger partial charge in [0.05, 0.1) is 23.0 Å². The van der Waals surface area contributed by atoms with Crippen molar-refractivity contribution in [2.24, 2.45) is 0 Å². The third-order valence-corrected chi connectivity index (χ3v) is 3.41. The fourth-order valence-electron chi connectivity index (χ4n) is 1.95. The van der Waals surface area contributed by atoms with Gasteiger partial charge in [0.15, 0.2) is 11.1 Å². The van der Waals surface area contributed by atoms with E-state index in [1.54, 1.807) is 0 Å². The molecular formula is C13H14N2O5S. The lowest BCUT2D eigenvalue weighted by Gasteiger charge is -2.15. The number of aromatic amines is 1. The van der Waals surface area contributed by atoms with Crippen molar-refractivity contribution in [3.05, 3.63) is 38.9 Å². The predicted molar refractivity (Wildman–Crippen MR) is 78.2 cm³/mol. The molecule has 1 heterocycles. The summed E-state index contributed by atoms with van der Waals surface area (Å²) in [6.45, 7) is 0.137. The number of nitrogens with one attached hydrogen (secondary N) is 1. The summed E-state index contributed by atoms with van der Waals surface area (Å²) in [5, 5.41) is 9.31. The van der Waals surface area contributed by atoms with Gasteiger partial charge < -0.3 is 19.6 Å². The number of aromatic nitrogens is 2. The Bertz CT molecular complexity index is 791. The first-order valence-electron chi connectivity index (χ1n) is 6.03. The summed E-state index contributed by atoms with van der Waals surface area (Å²) in [4.78, 5) is 26.2. The number of carbonyl (C=O) groups is 1. The molecule has 2 N–H and O–H groups in total. The molecule has 0 radical (unpaired) electrons. The standard InChI is InChI=1S/C13H14N2O5S/c1-19-10(20-2)6-15-11(16)8-4-3-7(12(17)18)5-9(8)14-13(15)21/h3-5,10H,6H2,1-2H3,(H,14,21)(H,17,18). The maximum absolute atomic E-state index is 12.4. The van der Waals surface area contributed by atoms with Gasteiger partial charge in [-0.1, -0.05) is 0 Å². The maximum Gasteiger partial charge on any atom is 0.335 e. The average molecular weight is 310 g/mol. The number of hydrogen-bond donors (Lipinski definition) is 2. The van der Waals surface area contributed by atoms with Crippen LogP contribution in [-0.4, -0.2) is 41.1 Å². The molecule has 0 amide bonds. The van der Waals surface area contributed by atoms with Crippen LogP contribution < -0.4 is 5.56 Å². The van der Waals surface area contributed by atoms with E-state index in [4.69, 9.17) is 26.8 Å². The number of ether oxygens (including phenoxy) is 2. The minimum absolute atomic E-state index is 0.0805. The Balaban J connectivity index is 2.60. The molecule has 21 heavy (non-hydrogen) atoms. The van der Waals surface area contributed by atoms with E-state index in [2.05, 4.69) is 4.98 Å². The van der Waals surface area contributed by atoms with Crippen molar-refractivity contribution < 1.29 is 19.4 Å². The first-order chi connectivity index (χ1) is 9.97. The molecule has 8 heteroatoms. The van der Waals surface area contributed by atoms with E-state index in [0.717, 1.165) is 0 Å². The Morgan fingerprint density at radius 3 is 2.67 bits per heavy atom. The highest BCUT2D eigenvalue weighted by atomic mass is 32.1. The molecule has 2 rings (SSSR count). The number of H-pyrrole nitrogens is 1. The zero-order chi connectivity index (χ0) is 15.6. The molecule has 1 aromatic carbocycles. The summed E-state index contributed by atoms with van der Waals surface area (Å²) in [5.41, 5.74) is 0.134. The number of rotatable bonds is 5. The van der Waals surface area contributed by atoms with E-state index in [9.17, 15) is 9.59 Å². The lowest BCUT2D eigenvalue weighted by atomic mass is 10.1. The molecule has 112 valence electrons. The molecule has 0 atom stereocenters. The van der Waals surface area contributed by atoms with Crippen LogP contribution in [0, 0.1) is 4.77 Å². The van der Waals surface area contributed by atoms with Crippen molar-refractivity contribution in [1.29, 1.82) is 0 Å². The molecule has 0 aliphatic heterocycles. The second kappa shape index (κ2) is 6.17. The predicted octanol–water partition coefficient (Wildman–Crippen LogP) is 1.38. The van der Waals surface area contributed by atoms with Crippen molar-refractivity contribution in [3.63, 3.8) is 0 Å². The summed E-state index contributed by atoms with van der Waals surface area (Å²) in [6, 6.07) is 4.21. The van der Waals surface area contributed by atoms with E-state index in [0.29, 0.717) is 10.9 Å². The van der Waals surface area contributed by atoms with Crippen molar-refractivity contribution >= 4 is 29.1 Å². The maximum atomic E-state index is 12.4. The second-order valence-corrected chi connectivity index (χ2v) is 4.70. The van der Waals surface area contributed by atoms with Crippen LogP contribution in [0.5, 0.6) is 0 Å². The normalized spacial score (nSPS) is 11.2. The van der Waals surface area contributed by atoms with Crippen molar-refractivity contribution in [3.8, 4) is 0 Å². The van der Waals surface area contributed by atoms with Crippen LogP contribution in [0.25, 0.3) is 10.9 Å². The molecule has 0 aliphatic carbocycles. The largest absolute Gasteiger partial charge is 0.478 e. The third-order valence-electron chi connectivity index (χ3n) is 3.09. The van der Waals surface area contributed by atoms with Gasteiger partial charge in [-0.05, 0) is 30.4 Å². The van der Waals surface area contributed by atoms with Crippen LogP contribution >= 0.6 is 12.2 Å². The molecular weight excluding hydrogens is 296 g/mol. The van der Waals surface area contributed by atoms with Gasteiger partial charge in [-0.3, -0.25) is 9.36 Å². The lowest BCUT2D eigenvalue weighted by molar-refractivity contribution is -0.111. The first kappa shape index (κ1) is 15.4. The quantitative estimate of drug-likeness (QED) is 0.640. The average Bonchev–Trinajstić information content (AvgIpc) is 2.46. The first-order valence-corrected chi connectivity index (χ1v) is 6.44. The van der Waals surface area contributed by atoms with E-state index in [1.165, 1.54) is 37.0 Å². The van der Waals surface area contributed by atoms with Crippen molar-refractivity contribution in [1.82, 2.24) is 9.55 Å². The van der Waals surface area contributed by atoms with Crippen LogP contribution in [0.15, 0.2) is 23.0 Å². The number of methoxy groups -OCH3 is 2. The monoisotopic (exact) mass is 310 g/mol. The Kier molecular flexibility index (Phi) is 4.51. The number of carboxylic acid groups (broad SMARTS) is 1. The summed E-state index contributed by atoms with van der Waals surface area (Å²) in [7, 11) is 2.93. The van der Waals surface area contributed by atoms with Crippen LogP contribution in [0.2, 0.25) is 0 Å². The number of carboxylic acids is 1. The Hall–Kier alpha value is -2.03. The highest BCUT2D eigenvalue weighted by molar-refractivity contribution is 7.71. The molecule has 1 aromatic heterocycles. The number of fused-ring (bicyclic) bond motifs is 1. The van der Waals surface area contributed by atoms with E-state index in [-0.39, 0.29) is 22.4 Å². The smallest absolute Gasteiger partial charge is 0.335 e. The van der Waals surface area contributed by atoms with Gasteiger partial charge in [0.1, 0.15) is 0 Å². The SMILES string of the molecule is COC(Cn1c(=S)[nH]c2cc(C(=O)O)ccc2c1=O)OC. The molecule has 7 nitrogen and oxygen atoms in total. The van der Waals surface area contributed by atoms with Gasteiger partial charge >= 0.3 is 5.97 Å². The minimum Gasteiger partial charge on any atom is -0.478 e. The van der Waals surface area contributed by atoms with Crippen LogP contribution in [0.1, 0.15) is 10.4 Å². The van der Waals surface area contributed by atoms with Crippen LogP contribution in [0.4, 0.5) is 0 Å². The highest BCUT2D eigenvalue weighted by Gasteiger charge is 2.13. The molecule has 0 aliphatic rings. The number of hydrogen-bond acceptors (Lipinski definition) is 5. The summed E-state index contributed by atoms with van der Waals surface area (Å²) < 4.78 is 11.6. The van der Waals surface area contributed by atoms with E-state index >= 15 is 0 Å². The molecule has 0 saturated carbocycles. The number of aromatic carboxylic acids is 1. The molecule has 0 bridgehead atoms. The number of benzene rings is 1.